The minimum atomic E-state index is -0.668. The molecule has 0 aromatic heterocycles. The molecule has 0 heterocycles. The molecule has 0 aromatic rings. The highest BCUT2D eigenvalue weighted by atomic mass is 16.4. The van der Waals surface area contributed by atoms with E-state index in [2.05, 4.69) is 12.7 Å². The molecule has 0 aromatic carbocycles. The molecule has 0 unspecified atom stereocenters. The smallest absolute Gasteiger partial charge is 0.304 e. The molecular weight excluding hydrogens is 166 g/mol. The SMILES string of the molecule is CC1CCC(C[NH3+])(CC(=O)O)CC1. The topological polar surface area (TPSA) is 64.9 Å². The van der Waals surface area contributed by atoms with Crippen LogP contribution in [0.1, 0.15) is 39.0 Å². The van der Waals surface area contributed by atoms with Crippen molar-refractivity contribution >= 4 is 5.97 Å². The lowest BCUT2D eigenvalue weighted by Crippen LogP contribution is -2.59. The van der Waals surface area contributed by atoms with Gasteiger partial charge in [0.25, 0.3) is 0 Å². The molecule has 0 amide bonds. The van der Waals surface area contributed by atoms with Gasteiger partial charge in [0.15, 0.2) is 0 Å². The molecule has 1 fully saturated rings. The second-order valence-corrected chi connectivity index (χ2v) is 4.50. The van der Waals surface area contributed by atoms with Crippen molar-refractivity contribution < 1.29 is 15.6 Å². The van der Waals surface area contributed by atoms with Gasteiger partial charge >= 0.3 is 5.97 Å². The largest absolute Gasteiger partial charge is 0.481 e. The number of hydrogen-bond acceptors (Lipinski definition) is 1. The summed E-state index contributed by atoms with van der Waals surface area (Å²) in [5.41, 5.74) is 3.91. The van der Waals surface area contributed by atoms with E-state index in [0.717, 1.165) is 25.3 Å². The van der Waals surface area contributed by atoms with E-state index in [1.165, 1.54) is 12.8 Å². The van der Waals surface area contributed by atoms with Crippen molar-refractivity contribution in [1.29, 1.82) is 0 Å². The fraction of sp³-hybridized carbons (Fsp3) is 0.900. The van der Waals surface area contributed by atoms with Gasteiger partial charge in [-0.3, -0.25) is 4.79 Å². The van der Waals surface area contributed by atoms with Crippen LogP contribution >= 0.6 is 0 Å². The van der Waals surface area contributed by atoms with Crippen LogP contribution in [0.4, 0.5) is 0 Å². The third kappa shape index (κ3) is 2.69. The lowest BCUT2D eigenvalue weighted by molar-refractivity contribution is -0.395. The highest BCUT2D eigenvalue weighted by molar-refractivity contribution is 5.67. The first kappa shape index (κ1) is 10.5. The maximum Gasteiger partial charge on any atom is 0.304 e. The predicted octanol–water partition coefficient (Wildman–Crippen LogP) is 0.900. The van der Waals surface area contributed by atoms with Gasteiger partial charge in [0.1, 0.15) is 0 Å². The number of carbonyl (C=O) groups is 1. The summed E-state index contributed by atoms with van der Waals surface area (Å²) < 4.78 is 0. The van der Waals surface area contributed by atoms with E-state index in [4.69, 9.17) is 5.11 Å². The number of quaternary nitrogens is 1. The Hall–Kier alpha value is -0.570. The first-order valence-corrected chi connectivity index (χ1v) is 5.09. The molecule has 0 saturated heterocycles. The number of carboxylic acids is 1. The molecule has 13 heavy (non-hydrogen) atoms. The third-order valence-corrected chi connectivity index (χ3v) is 3.39. The first-order valence-electron chi connectivity index (χ1n) is 5.09. The minimum absolute atomic E-state index is 0.0122. The summed E-state index contributed by atoms with van der Waals surface area (Å²) in [4.78, 5) is 10.7. The normalized spacial score (nSPS) is 34.5. The molecule has 3 nitrogen and oxygen atoms in total. The third-order valence-electron chi connectivity index (χ3n) is 3.39. The van der Waals surface area contributed by atoms with E-state index < -0.39 is 5.97 Å². The first-order chi connectivity index (χ1) is 6.08. The van der Waals surface area contributed by atoms with Crippen molar-refractivity contribution in [3.63, 3.8) is 0 Å². The van der Waals surface area contributed by atoms with Crippen LogP contribution in [0.25, 0.3) is 0 Å². The Labute approximate surface area is 79.3 Å². The summed E-state index contributed by atoms with van der Waals surface area (Å²) in [5, 5.41) is 8.80. The Morgan fingerprint density at radius 3 is 2.46 bits per heavy atom. The molecule has 76 valence electrons. The molecule has 3 heteroatoms. The molecule has 0 radical (unpaired) electrons. The summed E-state index contributed by atoms with van der Waals surface area (Å²) in [6.07, 6.45) is 4.74. The van der Waals surface area contributed by atoms with Gasteiger partial charge in [-0.2, -0.15) is 0 Å². The molecule has 0 atom stereocenters. The Kier molecular flexibility index (Phi) is 3.31. The summed E-state index contributed by atoms with van der Waals surface area (Å²) >= 11 is 0. The van der Waals surface area contributed by atoms with E-state index >= 15 is 0 Å². The molecule has 4 N–H and O–H groups in total. The molecule has 1 rings (SSSR count). The van der Waals surface area contributed by atoms with E-state index in [9.17, 15) is 4.79 Å². The molecular formula is C10H20NO2+. The van der Waals surface area contributed by atoms with Crippen LogP contribution in [-0.4, -0.2) is 17.6 Å². The Morgan fingerprint density at radius 1 is 1.54 bits per heavy atom. The summed E-state index contributed by atoms with van der Waals surface area (Å²) in [6.45, 7) is 3.01. The van der Waals surface area contributed by atoms with Crippen LogP contribution < -0.4 is 5.73 Å². The van der Waals surface area contributed by atoms with E-state index in [1.807, 2.05) is 0 Å². The van der Waals surface area contributed by atoms with Crippen LogP contribution in [0.2, 0.25) is 0 Å². The Balaban J connectivity index is 2.55. The van der Waals surface area contributed by atoms with E-state index in [-0.39, 0.29) is 5.41 Å². The number of rotatable bonds is 3. The zero-order chi connectivity index (χ0) is 9.90. The van der Waals surface area contributed by atoms with Crippen LogP contribution in [0.3, 0.4) is 0 Å². The van der Waals surface area contributed by atoms with Gasteiger partial charge in [-0.1, -0.05) is 6.92 Å². The van der Waals surface area contributed by atoms with Gasteiger partial charge in [-0.15, -0.1) is 0 Å². The standard InChI is InChI=1S/C10H19NO2/c1-8-2-4-10(7-11,5-3-8)6-9(12)13/h8H,2-7,11H2,1H3,(H,12,13)/p+1. The molecule has 1 aliphatic rings. The predicted molar refractivity (Wildman–Crippen MR) is 50.1 cm³/mol. The lowest BCUT2D eigenvalue weighted by atomic mass is 9.69. The number of hydrogen-bond donors (Lipinski definition) is 2. The fourth-order valence-electron chi connectivity index (χ4n) is 2.21. The lowest BCUT2D eigenvalue weighted by Gasteiger charge is -2.35. The van der Waals surface area contributed by atoms with Crippen molar-refractivity contribution in [3.8, 4) is 0 Å². The number of carboxylic acid groups (broad SMARTS) is 1. The average molecular weight is 186 g/mol. The molecule has 0 bridgehead atoms. The van der Waals surface area contributed by atoms with Crippen LogP contribution in [0, 0.1) is 11.3 Å². The highest BCUT2D eigenvalue weighted by Crippen LogP contribution is 2.40. The van der Waals surface area contributed by atoms with Gasteiger partial charge in [-0.05, 0) is 31.6 Å². The van der Waals surface area contributed by atoms with E-state index in [1.54, 1.807) is 0 Å². The second-order valence-electron chi connectivity index (χ2n) is 4.50. The van der Waals surface area contributed by atoms with Gasteiger partial charge in [0, 0.05) is 5.41 Å². The Morgan fingerprint density at radius 2 is 2.08 bits per heavy atom. The Bertz CT molecular complexity index is 183. The van der Waals surface area contributed by atoms with Gasteiger partial charge in [0.2, 0.25) is 0 Å². The van der Waals surface area contributed by atoms with E-state index in [0.29, 0.717) is 6.42 Å². The summed E-state index contributed by atoms with van der Waals surface area (Å²) in [5.74, 6) is 0.103. The van der Waals surface area contributed by atoms with Crippen molar-refractivity contribution in [3.05, 3.63) is 0 Å². The van der Waals surface area contributed by atoms with Crippen molar-refractivity contribution in [2.24, 2.45) is 11.3 Å². The van der Waals surface area contributed by atoms with Crippen molar-refractivity contribution in [2.45, 2.75) is 39.0 Å². The molecule has 0 spiro atoms. The van der Waals surface area contributed by atoms with Crippen LogP contribution in [0.15, 0.2) is 0 Å². The van der Waals surface area contributed by atoms with Crippen LogP contribution in [-0.2, 0) is 4.79 Å². The maximum absolute atomic E-state index is 10.7. The maximum atomic E-state index is 10.7. The molecule has 1 aliphatic carbocycles. The fourth-order valence-corrected chi connectivity index (χ4v) is 2.21. The van der Waals surface area contributed by atoms with Crippen LogP contribution in [0.5, 0.6) is 0 Å². The minimum Gasteiger partial charge on any atom is -0.481 e. The highest BCUT2D eigenvalue weighted by Gasteiger charge is 2.36. The monoisotopic (exact) mass is 186 g/mol. The number of aliphatic carboxylic acids is 1. The zero-order valence-corrected chi connectivity index (χ0v) is 8.38. The summed E-state index contributed by atoms with van der Waals surface area (Å²) in [7, 11) is 0. The summed E-state index contributed by atoms with van der Waals surface area (Å²) in [6, 6.07) is 0. The van der Waals surface area contributed by atoms with Gasteiger partial charge in [0.05, 0.1) is 13.0 Å². The molecule has 1 saturated carbocycles. The zero-order valence-electron chi connectivity index (χ0n) is 8.38. The average Bonchev–Trinajstić information content (AvgIpc) is 2.09. The van der Waals surface area contributed by atoms with Gasteiger partial charge in [-0.25, -0.2) is 0 Å². The van der Waals surface area contributed by atoms with Gasteiger partial charge < -0.3 is 10.8 Å². The van der Waals surface area contributed by atoms with Crippen molar-refractivity contribution in [1.82, 2.24) is 0 Å². The van der Waals surface area contributed by atoms with Crippen molar-refractivity contribution in [2.75, 3.05) is 6.54 Å². The molecule has 0 aliphatic heterocycles. The second kappa shape index (κ2) is 4.09. The quantitative estimate of drug-likeness (QED) is 0.687.